The standard InChI is InChI=1S/C27H27NO6/c1-32-19-11-12-25(33-2)17(14-19)13-18(26(29)30)15-28-27(31)34-16-24-22-9-5-3-7-20(22)21-8-4-6-10-23(21)24/h3-12,14,18,24H,13,15-16H2,1-2H3,(H,28,31)(H,29,30)/t18-/m0/s1. The van der Waals surface area contributed by atoms with Crippen LogP contribution in [-0.2, 0) is 16.0 Å². The van der Waals surface area contributed by atoms with Crippen molar-refractivity contribution in [2.75, 3.05) is 27.4 Å². The van der Waals surface area contributed by atoms with E-state index in [4.69, 9.17) is 14.2 Å². The lowest BCUT2D eigenvalue weighted by molar-refractivity contribution is -0.141. The summed E-state index contributed by atoms with van der Waals surface area (Å²) in [5.41, 5.74) is 5.20. The number of carbonyl (C=O) groups excluding carboxylic acids is 1. The Morgan fingerprint density at radius 3 is 2.18 bits per heavy atom. The van der Waals surface area contributed by atoms with Crippen LogP contribution < -0.4 is 14.8 Å². The summed E-state index contributed by atoms with van der Waals surface area (Å²) in [7, 11) is 3.06. The first kappa shape index (κ1) is 23.2. The van der Waals surface area contributed by atoms with Gasteiger partial charge in [0, 0.05) is 12.5 Å². The number of carboxylic acid groups (broad SMARTS) is 1. The first-order chi connectivity index (χ1) is 16.5. The van der Waals surface area contributed by atoms with Crippen LogP contribution in [0.25, 0.3) is 11.1 Å². The van der Waals surface area contributed by atoms with Crippen molar-refractivity contribution in [2.24, 2.45) is 5.92 Å². The molecule has 0 heterocycles. The van der Waals surface area contributed by atoms with Crippen LogP contribution in [0.5, 0.6) is 11.5 Å². The first-order valence-electron chi connectivity index (χ1n) is 11.0. The normalized spacial score (nSPS) is 12.9. The van der Waals surface area contributed by atoms with Crippen molar-refractivity contribution < 1.29 is 28.9 Å². The predicted octanol–water partition coefficient (Wildman–Crippen LogP) is 4.49. The van der Waals surface area contributed by atoms with E-state index < -0.39 is 18.0 Å². The number of hydrogen-bond donors (Lipinski definition) is 2. The Labute approximate surface area is 198 Å². The number of benzene rings is 3. The second-order valence-electron chi connectivity index (χ2n) is 8.12. The summed E-state index contributed by atoms with van der Waals surface area (Å²) in [4.78, 5) is 24.3. The third-order valence-electron chi connectivity index (χ3n) is 6.14. The summed E-state index contributed by atoms with van der Waals surface area (Å²) >= 11 is 0. The molecule has 4 rings (SSSR count). The highest BCUT2D eigenvalue weighted by Crippen LogP contribution is 2.44. The van der Waals surface area contributed by atoms with E-state index in [1.165, 1.54) is 7.11 Å². The molecule has 0 aliphatic heterocycles. The molecular weight excluding hydrogens is 434 g/mol. The fraction of sp³-hybridized carbons (Fsp3) is 0.259. The number of rotatable bonds is 9. The molecule has 1 amide bonds. The van der Waals surface area contributed by atoms with Gasteiger partial charge in [-0.15, -0.1) is 0 Å². The van der Waals surface area contributed by atoms with Gasteiger partial charge in [-0.2, -0.15) is 0 Å². The molecule has 0 radical (unpaired) electrons. The number of aliphatic carboxylic acids is 1. The monoisotopic (exact) mass is 461 g/mol. The van der Waals surface area contributed by atoms with Crippen LogP contribution in [-0.4, -0.2) is 44.5 Å². The number of carbonyl (C=O) groups is 2. The average molecular weight is 462 g/mol. The zero-order chi connectivity index (χ0) is 24.1. The van der Waals surface area contributed by atoms with Gasteiger partial charge in [-0.25, -0.2) is 4.79 Å². The maximum absolute atomic E-state index is 12.5. The molecule has 0 saturated carbocycles. The molecule has 1 atom stereocenters. The number of fused-ring (bicyclic) bond motifs is 3. The Morgan fingerprint density at radius 2 is 1.59 bits per heavy atom. The minimum Gasteiger partial charge on any atom is -0.497 e. The topological polar surface area (TPSA) is 94.1 Å². The van der Waals surface area contributed by atoms with E-state index in [0.29, 0.717) is 17.1 Å². The summed E-state index contributed by atoms with van der Waals surface area (Å²) < 4.78 is 16.1. The van der Waals surface area contributed by atoms with E-state index in [9.17, 15) is 14.7 Å². The Morgan fingerprint density at radius 1 is 0.941 bits per heavy atom. The molecule has 3 aromatic carbocycles. The second kappa shape index (κ2) is 10.3. The summed E-state index contributed by atoms with van der Waals surface area (Å²) in [6, 6.07) is 21.4. The molecule has 1 aliphatic rings. The minimum absolute atomic E-state index is 0.0607. The van der Waals surface area contributed by atoms with Crippen molar-refractivity contribution in [1.82, 2.24) is 5.32 Å². The highest BCUT2D eigenvalue weighted by Gasteiger charge is 2.29. The highest BCUT2D eigenvalue weighted by atomic mass is 16.5. The second-order valence-corrected chi connectivity index (χ2v) is 8.12. The van der Waals surface area contributed by atoms with Crippen LogP contribution in [0.2, 0.25) is 0 Å². The van der Waals surface area contributed by atoms with E-state index in [2.05, 4.69) is 17.4 Å². The van der Waals surface area contributed by atoms with Crippen molar-refractivity contribution in [3.63, 3.8) is 0 Å². The predicted molar refractivity (Wildman–Crippen MR) is 127 cm³/mol. The summed E-state index contributed by atoms with van der Waals surface area (Å²) in [5, 5.41) is 12.3. The first-order valence-corrected chi connectivity index (χ1v) is 11.0. The number of nitrogens with one attached hydrogen (secondary N) is 1. The molecule has 7 heteroatoms. The summed E-state index contributed by atoms with van der Waals surface area (Å²) in [6.45, 7) is 0.0909. The zero-order valence-corrected chi connectivity index (χ0v) is 19.1. The van der Waals surface area contributed by atoms with Gasteiger partial charge in [0.2, 0.25) is 0 Å². The van der Waals surface area contributed by atoms with Crippen LogP contribution in [0, 0.1) is 5.92 Å². The summed E-state index contributed by atoms with van der Waals surface area (Å²) in [6.07, 6.45) is -0.481. The number of carboxylic acids is 1. The van der Waals surface area contributed by atoms with Gasteiger partial charge >= 0.3 is 12.1 Å². The van der Waals surface area contributed by atoms with Crippen LogP contribution in [0.15, 0.2) is 66.7 Å². The van der Waals surface area contributed by atoms with Gasteiger partial charge in [0.1, 0.15) is 18.1 Å². The van der Waals surface area contributed by atoms with Gasteiger partial charge in [0.15, 0.2) is 0 Å². The number of alkyl carbamates (subject to hydrolysis) is 1. The number of methoxy groups -OCH3 is 2. The number of hydrogen-bond acceptors (Lipinski definition) is 5. The Hall–Kier alpha value is -4.00. The lowest BCUT2D eigenvalue weighted by Crippen LogP contribution is -2.35. The van der Waals surface area contributed by atoms with Gasteiger partial charge in [-0.05, 0) is 52.4 Å². The largest absolute Gasteiger partial charge is 0.497 e. The lowest BCUT2D eigenvalue weighted by Gasteiger charge is -2.17. The van der Waals surface area contributed by atoms with Gasteiger partial charge in [0.05, 0.1) is 20.1 Å². The SMILES string of the molecule is COc1ccc(OC)c(C[C@@H](CNC(=O)OCC2c3ccccc3-c3ccccc32)C(=O)O)c1. The molecule has 176 valence electrons. The van der Waals surface area contributed by atoms with Crippen molar-refractivity contribution in [2.45, 2.75) is 12.3 Å². The molecule has 34 heavy (non-hydrogen) atoms. The van der Waals surface area contributed by atoms with E-state index in [1.807, 2.05) is 36.4 Å². The molecule has 0 bridgehead atoms. The van der Waals surface area contributed by atoms with E-state index in [1.54, 1.807) is 25.3 Å². The van der Waals surface area contributed by atoms with E-state index in [0.717, 1.165) is 22.3 Å². The summed E-state index contributed by atoms with van der Waals surface area (Å²) in [5.74, 6) is -0.780. The molecule has 1 aliphatic carbocycles. The van der Waals surface area contributed by atoms with Gasteiger partial charge in [-0.3, -0.25) is 4.79 Å². The lowest BCUT2D eigenvalue weighted by atomic mass is 9.98. The van der Waals surface area contributed by atoms with Crippen LogP contribution in [0.4, 0.5) is 4.79 Å². The Bertz CT molecular complexity index is 1150. The Balaban J connectivity index is 1.38. The van der Waals surface area contributed by atoms with Gasteiger partial charge in [-0.1, -0.05) is 48.5 Å². The molecule has 0 spiro atoms. The van der Waals surface area contributed by atoms with Crippen LogP contribution in [0.1, 0.15) is 22.6 Å². The molecule has 2 N–H and O–H groups in total. The quantitative estimate of drug-likeness (QED) is 0.488. The molecule has 0 saturated heterocycles. The average Bonchev–Trinajstić information content (AvgIpc) is 3.18. The number of ether oxygens (including phenoxy) is 3. The third kappa shape index (κ3) is 4.83. The van der Waals surface area contributed by atoms with E-state index in [-0.39, 0.29) is 25.5 Å². The zero-order valence-electron chi connectivity index (χ0n) is 19.1. The van der Waals surface area contributed by atoms with Crippen LogP contribution >= 0.6 is 0 Å². The van der Waals surface area contributed by atoms with Gasteiger partial charge in [0.25, 0.3) is 0 Å². The Kier molecular flexibility index (Phi) is 7.01. The maximum atomic E-state index is 12.5. The van der Waals surface area contributed by atoms with Crippen molar-refractivity contribution in [1.29, 1.82) is 0 Å². The molecule has 0 unspecified atom stereocenters. The highest BCUT2D eigenvalue weighted by molar-refractivity contribution is 5.79. The van der Waals surface area contributed by atoms with Crippen molar-refractivity contribution >= 4 is 12.1 Å². The smallest absolute Gasteiger partial charge is 0.407 e. The molecule has 3 aromatic rings. The van der Waals surface area contributed by atoms with Crippen molar-refractivity contribution in [3.05, 3.63) is 83.4 Å². The minimum atomic E-state index is -1.02. The molecule has 7 nitrogen and oxygen atoms in total. The number of amides is 1. The van der Waals surface area contributed by atoms with Gasteiger partial charge < -0.3 is 24.6 Å². The fourth-order valence-electron chi connectivity index (χ4n) is 4.41. The molecule has 0 fully saturated rings. The fourth-order valence-corrected chi connectivity index (χ4v) is 4.41. The molecular formula is C27H27NO6. The maximum Gasteiger partial charge on any atom is 0.407 e. The molecule has 0 aromatic heterocycles. The van der Waals surface area contributed by atoms with Crippen molar-refractivity contribution in [3.8, 4) is 22.6 Å². The third-order valence-corrected chi connectivity index (χ3v) is 6.14. The van der Waals surface area contributed by atoms with E-state index >= 15 is 0 Å². The van der Waals surface area contributed by atoms with Crippen LogP contribution in [0.3, 0.4) is 0 Å².